The van der Waals surface area contributed by atoms with Gasteiger partial charge in [0.05, 0.1) is 5.56 Å². The monoisotopic (exact) mass is 340 g/mol. The second-order valence-corrected chi connectivity index (χ2v) is 5.32. The molecule has 126 valence electrons. The Morgan fingerprint density at radius 3 is 2.41 bits per heavy atom. The largest absolute Gasteiger partial charge is 0.416 e. The summed E-state index contributed by atoms with van der Waals surface area (Å²) in [7, 11) is 0. The third kappa shape index (κ3) is 4.57. The molecule has 0 bridgehead atoms. The number of hydrogen-bond acceptors (Lipinski definition) is 2. The first-order valence-corrected chi connectivity index (χ1v) is 7.25. The molecule has 7 heteroatoms. The van der Waals surface area contributed by atoms with Crippen LogP contribution >= 0.6 is 12.4 Å². The third-order valence-electron chi connectivity index (χ3n) is 3.83. The van der Waals surface area contributed by atoms with Gasteiger partial charge in [-0.05, 0) is 24.1 Å². The molecule has 1 fully saturated rings. The number of hydrogen-bond donors (Lipinski definition) is 1. The summed E-state index contributed by atoms with van der Waals surface area (Å²) >= 11 is 0. The summed E-state index contributed by atoms with van der Waals surface area (Å²) in [5.74, 6) is -0.846. The molecule has 0 amide bonds. The van der Waals surface area contributed by atoms with Gasteiger partial charge in [0.1, 0.15) is 5.82 Å². The highest BCUT2D eigenvalue weighted by atomic mass is 35.5. The van der Waals surface area contributed by atoms with Crippen molar-refractivity contribution in [3.8, 4) is 0 Å². The zero-order chi connectivity index (χ0) is 15.5. The van der Waals surface area contributed by atoms with E-state index in [0.29, 0.717) is 25.6 Å². The number of alkyl halides is 3. The summed E-state index contributed by atoms with van der Waals surface area (Å²) in [6.07, 6.45) is -3.12. The predicted octanol–water partition coefficient (Wildman–Crippen LogP) is 4.01. The van der Waals surface area contributed by atoms with E-state index >= 15 is 0 Å². The van der Waals surface area contributed by atoms with Crippen molar-refractivity contribution in [2.75, 3.05) is 26.2 Å². The van der Waals surface area contributed by atoms with Crippen molar-refractivity contribution in [2.24, 2.45) is 0 Å². The van der Waals surface area contributed by atoms with Crippen LogP contribution in [0.2, 0.25) is 0 Å². The van der Waals surface area contributed by atoms with Crippen LogP contribution in [-0.2, 0) is 6.18 Å². The summed E-state index contributed by atoms with van der Waals surface area (Å²) in [6, 6.07) is 2.71. The molecule has 0 spiro atoms. The van der Waals surface area contributed by atoms with Gasteiger partial charge in [0.25, 0.3) is 0 Å². The van der Waals surface area contributed by atoms with Gasteiger partial charge >= 0.3 is 6.18 Å². The maximum absolute atomic E-state index is 13.2. The molecule has 0 aliphatic carbocycles. The molecule has 2 nitrogen and oxygen atoms in total. The van der Waals surface area contributed by atoms with Gasteiger partial charge in [0.15, 0.2) is 0 Å². The summed E-state index contributed by atoms with van der Waals surface area (Å²) in [5, 5.41) is 3.19. The fourth-order valence-corrected chi connectivity index (χ4v) is 2.87. The molecule has 1 aliphatic rings. The fraction of sp³-hybridized carbons (Fsp3) is 0.600. The molecule has 0 unspecified atom stereocenters. The van der Waals surface area contributed by atoms with Crippen LogP contribution in [0.3, 0.4) is 0 Å². The molecule has 22 heavy (non-hydrogen) atoms. The molecule has 1 heterocycles. The molecule has 1 aliphatic heterocycles. The van der Waals surface area contributed by atoms with Crippen molar-refractivity contribution >= 4 is 12.4 Å². The third-order valence-corrected chi connectivity index (χ3v) is 3.83. The van der Waals surface area contributed by atoms with Gasteiger partial charge in [0.2, 0.25) is 0 Å². The lowest BCUT2D eigenvalue weighted by Gasteiger charge is -2.36. The van der Waals surface area contributed by atoms with E-state index in [1.807, 2.05) is 6.92 Å². The summed E-state index contributed by atoms with van der Waals surface area (Å²) in [4.78, 5) is 2.06. The Hall–Kier alpha value is -0.850. The smallest absolute Gasteiger partial charge is 0.314 e. The number of halogens is 5. The summed E-state index contributed by atoms with van der Waals surface area (Å²) in [5.41, 5.74) is -0.660. The van der Waals surface area contributed by atoms with Gasteiger partial charge in [-0.3, -0.25) is 4.90 Å². The van der Waals surface area contributed by atoms with Crippen molar-refractivity contribution in [2.45, 2.75) is 32.0 Å². The van der Waals surface area contributed by atoms with Crippen molar-refractivity contribution in [3.63, 3.8) is 0 Å². The number of nitrogens with zero attached hydrogens (tertiary/aromatic N) is 1. The molecule has 1 saturated heterocycles. The normalized spacial score (nSPS) is 17.9. The first-order valence-electron chi connectivity index (χ1n) is 7.25. The van der Waals surface area contributed by atoms with Gasteiger partial charge in [-0.1, -0.05) is 19.4 Å². The molecule has 0 saturated carbocycles. The molecule has 2 rings (SSSR count). The maximum atomic E-state index is 13.2. The van der Waals surface area contributed by atoms with Crippen LogP contribution in [0, 0.1) is 5.82 Å². The molecule has 0 radical (unpaired) electrons. The molecule has 1 N–H and O–H groups in total. The highest BCUT2D eigenvalue weighted by molar-refractivity contribution is 5.85. The zero-order valence-electron chi connectivity index (χ0n) is 12.4. The number of rotatable bonds is 4. The highest BCUT2D eigenvalue weighted by Crippen LogP contribution is 2.38. The molecular weight excluding hydrogens is 320 g/mol. The van der Waals surface area contributed by atoms with Crippen LogP contribution in [0.5, 0.6) is 0 Å². The van der Waals surface area contributed by atoms with Crippen LogP contribution in [-0.4, -0.2) is 31.1 Å². The van der Waals surface area contributed by atoms with Crippen LogP contribution < -0.4 is 5.32 Å². The number of nitrogens with one attached hydrogen (secondary N) is 1. The Labute approximate surface area is 134 Å². The summed E-state index contributed by atoms with van der Waals surface area (Å²) < 4.78 is 52.8. The minimum atomic E-state index is -4.53. The zero-order valence-corrected chi connectivity index (χ0v) is 13.2. The SMILES string of the molecule is CCC[C@H](c1ccc(F)cc1C(F)(F)F)N1CCNCC1.Cl. The van der Waals surface area contributed by atoms with E-state index in [0.717, 1.165) is 25.6 Å². The van der Waals surface area contributed by atoms with Crippen LogP contribution in [0.4, 0.5) is 17.6 Å². The van der Waals surface area contributed by atoms with E-state index < -0.39 is 17.6 Å². The van der Waals surface area contributed by atoms with Crippen molar-refractivity contribution in [1.29, 1.82) is 0 Å². The highest BCUT2D eigenvalue weighted by Gasteiger charge is 2.37. The lowest BCUT2D eigenvalue weighted by Crippen LogP contribution is -2.45. The van der Waals surface area contributed by atoms with Crippen LogP contribution in [0.15, 0.2) is 18.2 Å². The van der Waals surface area contributed by atoms with Crippen molar-refractivity contribution in [1.82, 2.24) is 10.2 Å². The van der Waals surface area contributed by atoms with Gasteiger partial charge in [-0.15, -0.1) is 12.4 Å². The van der Waals surface area contributed by atoms with E-state index in [2.05, 4.69) is 10.2 Å². The molecular formula is C15H21ClF4N2. The van der Waals surface area contributed by atoms with E-state index in [1.165, 1.54) is 6.07 Å². The Morgan fingerprint density at radius 1 is 1.23 bits per heavy atom. The van der Waals surface area contributed by atoms with Gasteiger partial charge < -0.3 is 5.32 Å². The minimum absolute atomic E-state index is 0. The first kappa shape index (κ1) is 19.2. The molecule has 1 aromatic rings. The predicted molar refractivity (Wildman–Crippen MR) is 80.7 cm³/mol. The van der Waals surface area contributed by atoms with E-state index in [9.17, 15) is 17.6 Å². The topological polar surface area (TPSA) is 15.3 Å². The van der Waals surface area contributed by atoms with E-state index in [4.69, 9.17) is 0 Å². The van der Waals surface area contributed by atoms with Crippen molar-refractivity contribution in [3.05, 3.63) is 35.1 Å². The van der Waals surface area contributed by atoms with Gasteiger partial charge in [0, 0.05) is 32.2 Å². The van der Waals surface area contributed by atoms with Gasteiger partial charge in [-0.2, -0.15) is 13.2 Å². The molecule has 0 aromatic heterocycles. The Kier molecular flexibility index (Phi) is 7.09. The average molecular weight is 341 g/mol. The van der Waals surface area contributed by atoms with E-state index in [1.54, 1.807) is 0 Å². The lowest BCUT2D eigenvalue weighted by atomic mass is 9.94. The standard InChI is InChI=1S/C15H20F4N2.ClH/c1-2-3-14(21-8-6-20-7-9-21)12-5-4-11(16)10-13(12)15(17,18)19;/h4-5,10,14,20H,2-3,6-9H2,1H3;1H/t14-;/m1./s1. The Balaban J connectivity index is 0.00000242. The minimum Gasteiger partial charge on any atom is -0.314 e. The summed E-state index contributed by atoms with van der Waals surface area (Å²) in [6.45, 7) is 4.90. The lowest BCUT2D eigenvalue weighted by molar-refractivity contribution is -0.139. The first-order chi connectivity index (χ1) is 9.93. The number of benzene rings is 1. The molecule has 1 aromatic carbocycles. The van der Waals surface area contributed by atoms with Crippen molar-refractivity contribution < 1.29 is 17.6 Å². The number of piperazine rings is 1. The van der Waals surface area contributed by atoms with Crippen LogP contribution in [0.25, 0.3) is 0 Å². The fourth-order valence-electron chi connectivity index (χ4n) is 2.87. The second-order valence-electron chi connectivity index (χ2n) is 5.32. The maximum Gasteiger partial charge on any atom is 0.416 e. The Morgan fingerprint density at radius 2 is 1.86 bits per heavy atom. The van der Waals surface area contributed by atoms with Crippen LogP contribution in [0.1, 0.15) is 36.9 Å². The van der Waals surface area contributed by atoms with Gasteiger partial charge in [-0.25, -0.2) is 4.39 Å². The molecule has 1 atom stereocenters. The second kappa shape index (κ2) is 8.13. The van der Waals surface area contributed by atoms with E-state index in [-0.39, 0.29) is 24.0 Å². The quantitative estimate of drug-likeness (QED) is 0.833. The average Bonchev–Trinajstić information content (AvgIpc) is 2.45. The Bertz CT molecular complexity index is 473.